The molecular formula is C16H22N4. The first-order valence-corrected chi connectivity index (χ1v) is 7.40. The molecule has 0 aliphatic heterocycles. The minimum Gasteiger partial charge on any atom is -0.397 e. The average Bonchev–Trinajstić information content (AvgIpc) is 3.31. The van der Waals surface area contributed by atoms with E-state index < -0.39 is 0 Å². The van der Waals surface area contributed by atoms with Gasteiger partial charge in [0, 0.05) is 30.7 Å². The number of nitrogens with two attached hydrogens (primary N) is 1. The third kappa shape index (κ3) is 2.70. The molecule has 3 N–H and O–H groups in total. The lowest BCUT2D eigenvalue weighted by Gasteiger charge is -2.20. The number of benzene rings is 1. The molecule has 0 radical (unpaired) electrons. The summed E-state index contributed by atoms with van der Waals surface area (Å²) in [4.78, 5) is 6.85. The van der Waals surface area contributed by atoms with E-state index in [-0.39, 0.29) is 0 Å². The predicted molar refractivity (Wildman–Crippen MR) is 84.9 cm³/mol. The molecule has 2 aromatic rings. The fraction of sp³-hybridized carbons (Fsp3) is 0.438. The van der Waals surface area contributed by atoms with Crippen LogP contribution >= 0.6 is 0 Å². The Labute approximate surface area is 120 Å². The quantitative estimate of drug-likeness (QED) is 0.792. The van der Waals surface area contributed by atoms with Crippen molar-refractivity contribution in [1.82, 2.24) is 9.88 Å². The Bertz CT molecular complexity index is 592. The van der Waals surface area contributed by atoms with Gasteiger partial charge in [0.2, 0.25) is 0 Å². The van der Waals surface area contributed by atoms with E-state index in [1.165, 1.54) is 12.8 Å². The third-order valence-electron chi connectivity index (χ3n) is 4.01. The molecule has 0 unspecified atom stereocenters. The van der Waals surface area contributed by atoms with Gasteiger partial charge in [-0.3, -0.25) is 9.88 Å². The highest BCUT2D eigenvalue weighted by Gasteiger charge is 2.27. The van der Waals surface area contributed by atoms with Crippen molar-refractivity contribution in [2.24, 2.45) is 0 Å². The van der Waals surface area contributed by atoms with E-state index in [0.29, 0.717) is 0 Å². The van der Waals surface area contributed by atoms with Gasteiger partial charge >= 0.3 is 0 Å². The maximum Gasteiger partial charge on any atom is 0.0724 e. The summed E-state index contributed by atoms with van der Waals surface area (Å²) >= 11 is 0. The summed E-state index contributed by atoms with van der Waals surface area (Å²) in [5.74, 6) is 0. The van der Waals surface area contributed by atoms with Gasteiger partial charge in [0.15, 0.2) is 0 Å². The van der Waals surface area contributed by atoms with E-state index in [2.05, 4.69) is 22.1 Å². The maximum atomic E-state index is 6.22. The zero-order valence-electron chi connectivity index (χ0n) is 12.0. The number of rotatable bonds is 6. The number of anilines is 2. The molecule has 1 aromatic carbocycles. The first-order valence-electron chi connectivity index (χ1n) is 7.40. The van der Waals surface area contributed by atoms with Gasteiger partial charge in [-0.15, -0.1) is 0 Å². The lowest BCUT2D eigenvalue weighted by Crippen LogP contribution is -2.31. The Balaban J connectivity index is 1.66. The second-order valence-corrected chi connectivity index (χ2v) is 5.38. The van der Waals surface area contributed by atoms with Crippen LogP contribution in [0.2, 0.25) is 0 Å². The number of nitrogen functional groups attached to an aromatic ring is 1. The van der Waals surface area contributed by atoms with E-state index in [1.54, 1.807) is 6.20 Å². The molecule has 1 heterocycles. The number of nitrogens with one attached hydrogen (secondary N) is 1. The molecule has 0 amide bonds. The van der Waals surface area contributed by atoms with Gasteiger partial charge in [-0.05, 0) is 43.7 Å². The minimum atomic E-state index is 0.796. The van der Waals surface area contributed by atoms with Gasteiger partial charge in [0.25, 0.3) is 0 Å². The first kappa shape index (κ1) is 13.2. The van der Waals surface area contributed by atoms with Gasteiger partial charge in [-0.25, -0.2) is 0 Å². The van der Waals surface area contributed by atoms with E-state index in [4.69, 9.17) is 5.73 Å². The molecule has 106 valence electrons. The molecule has 1 aliphatic rings. The van der Waals surface area contributed by atoms with Crippen molar-refractivity contribution < 1.29 is 0 Å². The summed E-state index contributed by atoms with van der Waals surface area (Å²) in [6.45, 7) is 5.36. The van der Waals surface area contributed by atoms with Crippen LogP contribution in [0.1, 0.15) is 19.8 Å². The summed E-state index contributed by atoms with van der Waals surface area (Å²) in [6.07, 6.45) is 4.51. The van der Waals surface area contributed by atoms with Crippen LogP contribution in [-0.4, -0.2) is 35.6 Å². The van der Waals surface area contributed by atoms with Gasteiger partial charge in [-0.1, -0.05) is 6.92 Å². The Kier molecular flexibility index (Phi) is 3.74. The average molecular weight is 270 g/mol. The van der Waals surface area contributed by atoms with E-state index >= 15 is 0 Å². The number of likely N-dealkylation sites (N-methyl/N-ethyl adjacent to an activating group) is 1. The summed E-state index contributed by atoms with van der Waals surface area (Å²) in [7, 11) is 0. The van der Waals surface area contributed by atoms with Gasteiger partial charge in [-0.2, -0.15) is 0 Å². The molecule has 1 aromatic heterocycles. The maximum absolute atomic E-state index is 6.22. The highest BCUT2D eigenvalue weighted by molar-refractivity contribution is 5.96. The molecule has 0 atom stereocenters. The summed E-state index contributed by atoms with van der Waals surface area (Å²) < 4.78 is 0. The van der Waals surface area contributed by atoms with Crippen LogP contribution in [0.4, 0.5) is 11.4 Å². The molecule has 1 aliphatic carbocycles. The molecule has 1 saturated carbocycles. The van der Waals surface area contributed by atoms with Crippen molar-refractivity contribution in [1.29, 1.82) is 0 Å². The predicted octanol–water partition coefficient (Wildman–Crippen LogP) is 2.71. The number of nitrogens with zero attached hydrogens (tertiary/aromatic N) is 2. The first-order chi connectivity index (χ1) is 9.79. The minimum absolute atomic E-state index is 0.796. The zero-order chi connectivity index (χ0) is 13.9. The molecule has 1 fully saturated rings. The van der Waals surface area contributed by atoms with E-state index in [0.717, 1.165) is 48.0 Å². The lowest BCUT2D eigenvalue weighted by atomic mass is 10.1. The van der Waals surface area contributed by atoms with Crippen molar-refractivity contribution in [3.8, 4) is 0 Å². The Hall–Kier alpha value is -1.81. The van der Waals surface area contributed by atoms with Crippen molar-refractivity contribution in [3.63, 3.8) is 0 Å². The Morgan fingerprint density at radius 3 is 2.95 bits per heavy atom. The van der Waals surface area contributed by atoms with Crippen LogP contribution in [0, 0.1) is 0 Å². The normalized spacial score (nSPS) is 14.9. The van der Waals surface area contributed by atoms with Crippen LogP contribution < -0.4 is 11.1 Å². The van der Waals surface area contributed by atoms with Gasteiger partial charge in [0.1, 0.15) is 0 Å². The summed E-state index contributed by atoms with van der Waals surface area (Å²) in [5.41, 5.74) is 8.98. The van der Waals surface area contributed by atoms with Crippen LogP contribution in [0.3, 0.4) is 0 Å². The fourth-order valence-corrected chi connectivity index (χ4v) is 2.70. The zero-order valence-corrected chi connectivity index (χ0v) is 12.0. The molecule has 3 rings (SSSR count). The lowest BCUT2D eigenvalue weighted by molar-refractivity contribution is 0.289. The number of pyridine rings is 1. The van der Waals surface area contributed by atoms with Crippen LogP contribution in [0.25, 0.3) is 10.9 Å². The molecular weight excluding hydrogens is 248 g/mol. The SMILES string of the molecule is CCN(CCNc1ccc2ncccc2c1N)C1CC1. The smallest absolute Gasteiger partial charge is 0.0724 e. The second-order valence-electron chi connectivity index (χ2n) is 5.38. The largest absolute Gasteiger partial charge is 0.397 e. The fourth-order valence-electron chi connectivity index (χ4n) is 2.70. The third-order valence-corrected chi connectivity index (χ3v) is 4.01. The van der Waals surface area contributed by atoms with Gasteiger partial charge < -0.3 is 11.1 Å². The highest BCUT2D eigenvalue weighted by atomic mass is 15.2. The number of hydrogen-bond donors (Lipinski definition) is 2. The topological polar surface area (TPSA) is 54.2 Å². The van der Waals surface area contributed by atoms with Gasteiger partial charge in [0.05, 0.1) is 16.9 Å². The molecule has 4 heteroatoms. The number of fused-ring (bicyclic) bond motifs is 1. The standard InChI is InChI=1S/C16H22N4/c1-2-20(12-5-6-12)11-10-19-15-8-7-14-13(16(15)17)4-3-9-18-14/h3-4,7-9,12,19H,2,5-6,10-11,17H2,1H3. The monoisotopic (exact) mass is 270 g/mol. The van der Waals surface area contributed by atoms with Crippen molar-refractivity contribution in [3.05, 3.63) is 30.5 Å². The summed E-state index contributed by atoms with van der Waals surface area (Å²) in [6, 6.07) is 8.81. The van der Waals surface area contributed by atoms with Crippen molar-refractivity contribution in [2.45, 2.75) is 25.8 Å². The molecule has 0 saturated heterocycles. The highest BCUT2D eigenvalue weighted by Crippen LogP contribution is 2.28. The Morgan fingerprint density at radius 2 is 2.20 bits per heavy atom. The van der Waals surface area contributed by atoms with Crippen LogP contribution in [0.15, 0.2) is 30.5 Å². The second kappa shape index (κ2) is 5.67. The summed E-state index contributed by atoms with van der Waals surface area (Å²) in [5, 5.41) is 4.48. The van der Waals surface area contributed by atoms with Crippen LogP contribution in [0.5, 0.6) is 0 Å². The van der Waals surface area contributed by atoms with E-state index in [9.17, 15) is 0 Å². The number of aromatic nitrogens is 1. The number of hydrogen-bond acceptors (Lipinski definition) is 4. The van der Waals surface area contributed by atoms with Crippen LogP contribution in [-0.2, 0) is 0 Å². The van der Waals surface area contributed by atoms with E-state index in [1.807, 2.05) is 24.3 Å². The molecule has 0 bridgehead atoms. The van der Waals surface area contributed by atoms with Crippen molar-refractivity contribution >= 4 is 22.3 Å². The Morgan fingerprint density at radius 1 is 1.35 bits per heavy atom. The molecule has 4 nitrogen and oxygen atoms in total. The van der Waals surface area contributed by atoms with Crippen molar-refractivity contribution in [2.75, 3.05) is 30.7 Å². The molecule has 20 heavy (non-hydrogen) atoms. The molecule has 0 spiro atoms.